The number of hydrogen-bond acceptors (Lipinski definition) is 3. The lowest BCUT2D eigenvalue weighted by Crippen LogP contribution is -2.13. The van der Waals surface area contributed by atoms with Gasteiger partial charge in [0.1, 0.15) is 0 Å². The summed E-state index contributed by atoms with van der Waals surface area (Å²) in [6, 6.07) is 7.63. The van der Waals surface area contributed by atoms with Crippen LogP contribution in [0, 0.1) is 0 Å². The van der Waals surface area contributed by atoms with E-state index in [1.54, 1.807) is 0 Å². The Morgan fingerprint density at radius 2 is 2.00 bits per heavy atom. The van der Waals surface area contributed by atoms with Crippen molar-refractivity contribution in [2.24, 2.45) is 5.73 Å². The fourth-order valence-corrected chi connectivity index (χ4v) is 1.53. The maximum absolute atomic E-state index is 11.3. The van der Waals surface area contributed by atoms with E-state index in [4.69, 9.17) is 5.73 Å². The van der Waals surface area contributed by atoms with E-state index in [0.717, 1.165) is 11.3 Å². The van der Waals surface area contributed by atoms with E-state index in [1.165, 1.54) is 11.8 Å². The highest BCUT2D eigenvalue weighted by atomic mass is 35.5. The van der Waals surface area contributed by atoms with Crippen molar-refractivity contribution in [1.29, 1.82) is 0 Å². The summed E-state index contributed by atoms with van der Waals surface area (Å²) in [5, 5.41) is 2.81. The molecule has 3 nitrogen and oxygen atoms in total. The molecule has 0 aliphatic carbocycles. The number of rotatable bonds is 4. The molecule has 90 valence electrons. The van der Waals surface area contributed by atoms with E-state index in [1.807, 2.05) is 37.4 Å². The number of halogens is 1. The molecular formula is C11H17ClN2OS. The highest BCUT2D eigenvalue weighted by Crippen LogP contribution is 2.14. The highest BCUT2D eigenvalue weighted by Gasteiger charge is 2.02. The highest BCUT2D eigenvalue weighted by molar-refractivity contribution is 7.99. The molecule has 1 amide bonds. The summed E-state index contributed by atoms with van der Waals surface area (Å²) in [5.41, 5.74) is 7.61. The van der Waals surface area contributed by atoms with Gasteiger partial charge in [-0.3, -0.25) is 4.79 Å². The van der Waals surface area contributed by atoms with Crippen LogP contribution in [0.25, 0.3) is 0 Å². The van der Waals surface area contributed by atoms with Gasteiger partial charge in [-0.25, -0.2) is 0 Å². The maximum Gasteiger partial charge on any atom is 0.234 e. The zero-order valence-corrected chi connectivity index (χ0v) is 11.0. The zero-order valence-electron chi connectivity index (χ0n) is 9.40. The molecule has 5 heteroatoms. The van der Waals surface area contributed by atoms with Crippen molar-refractivity contribution in [1.82, 2.24) is 0 Å². The molecule has 0 aliphatic heterocycles. The largest absolute Gasteiger partial charge is 0.325 e. The van der Waals surface area contributed by atoms with Gasteiger partial charge in [-0.05, 0) is 30.9 Å². The molecule has 0 saturated heterocycles. The number of carbonyl (C=O) groups is 1. The van der Waals surface area contributed by atoms with Crippen molar-refractivity contribution < 1.29 is 4.79 Å². The average molecular weight is 261 g/mol. The van der Waals surface area contributed by atoms with E-state index in [9.17, 15) is 4.79 Å². The smallest absolute Gasteiger partial charge is 0.234 e. The lowest BCUT2D eigenvalue weighted by atomic mass is 10.1. The molecule has 0 radical (unpaired) electrons. The molecule has 1 atom stereocenters. The summed E-state index contributed by atoms with van der Waals surface area (Å²) in [6.45, 7) is 1.93. The van der Waals surface area contributed by atoms with Crippen molar-refractivity contribution in [2.75, 3.05) is 17.3 Å². The Morgan fingerprint density at radius 3 is 2.44 bits per heavy atom. The first-order valence-electron chi connectivity index (χ1n) is 4.78. The van der Waals surface area contributed by atoms with Gasteiger partial charge in [0.15, 0.2) is 0 Å². The fraction of sp³-hybridized carbons (Fsp3) is 0.364. The van der Waals surface area contributed by atoms with Gasteiger partial charge in [-0.1, -0.05) is 12.1 Å². The van der Waals surface area contributed by atoms with Crippen LogP contribution in [0.15, 0.2) is 24.3 Å². The minimum atomic E-state index is 0. The Balaban J connectivity index is 0.00000225. The number of benzene rings is 1. The minimum absolute atomic E-state index is 0. The molecule has 1 aromatic carbocycles. The van der Waals surface area contributed by atoms with Gasteiger partial charge in [0.05, 0.1) is 5.75 Å². The summed E-state index contributed by atoms with van der Waals surface area (Å²) in [6.07, 6.45) is 1.90. The predicted octanol–water partition coefficient (Wildman–Crippen LogP) is 2.43. The molecule has 0 fully saturated rings. The van der Waals surface area contributed by atoms with Crippen molar-refractivity contribution in [3.63, 3.8) is 0 Å². The second kappa shape index (κ2) is 7.54. The summed E-state index contributed by atoms with van der Waals surface area (Å²) < 4.78 is 0. The van der Waals surface area contributed by atoms with E-state index >= 15 is 0 Å². The van der Waals surface area contributed by atoms with Crippen LogP contribution < -0.4 is 11.1 Å². The van der Waals surface area contributed by atoms with E-state index in [2.05, 4.69) is 5.32 Å². The van der Waals surface area contributed by atoms with Crippen LogP contribution in [0.4, 0.5) is 5.69 Å². The van der Waals surface area contributed by atoms with Crippen LogP contribution in [0.2, 0.25) is 0 Å². The zero-order chi connectivity index (χ0) is 11.3. The number of nitrogens with two attached hydrogens (primary N) is 1. The van der Waals surface area contributed by atoms with Gasteiger partial charge < -0.3 is 11.1 Å². The van der Waals surface area contributed by atoms with Gasteiger partial charge in [0, 0.05) is 11.7 Å². The second-order valence-electron chi connectivity index (χ2n) is 3.39. The molecular weight excluding hydrogens is 244 g/mol. The van der Waals surface area contributed by atoms with Crippen LogP contribution in [0.1, 0.15) is 18.5 Å². The summed E-state index contributed by atoms with van der Waals surface area (Å²) in [7, 11) is 0. The third kappa shape index (κ3) is 4.88. The van der Waals surface area contributed by atoms with Crippen LogP contribution >= 0.6 is 24.2 Å². The van der Waals surface area contributed by atoms with Gasteiger partial charge in [-0.15, -0.1) is 12.4 Å². The lowest BCUT2D eigenvalue weighted by Gasteiger charge is -2.07. The van der Waals surface area contributed by atoms with Crippen molar-refractivity contribution in [2.45, 2.75) is 13.0 Å². The van der Waals surface area contributed by atoms with E-state index in [-0.39, 0.29) is 24.4 Å². The average Bonchev–Trinajstić information content (AvgIpc) is 2.18. The van der Waals surface area contributed by atoms with E-state index in [0.29, 0.717) is 5.75 Å². The summed E-state index contributed by atoms with van der Waals surface area (Å²) >= 11 is 1.50. The molecule has 1 rings (SSSR count). The summed E-state index contributed by atoms with van der Waals surface area (Å²) in [4.78, 5) is 11.3. The SMILES string of the molecule is CSCC(=O)Nc1ccc(C(C)N)cc1.Cl. The number of nitrogens with one attached hydrogen (secondary N) is 1. The number of anilines is 1. The van der Waals surface area contributed by atoms with Gasteiger partial charge in [0.25, 0.3) is 0 Å². The molecule has 0 saturated carbocycles. The van der Waals surface area contributed by atoms with E-state index < -0.39 is 0 Å². The third-order valence-corrected chi connectivity index (χ3v) is 2.55. The first kappa shape index (κ1) is 15.3. The topological polar surface area (TPSA) is 55.1 Å². The number of thioether (sulfide) groups is 1. The van der Waals surface area contributed by atoms with Crippen LogP contribution in [0.5, 0.6) is 0 Å². The van der Waals surface area contributed by atoms with Crippen molar-refractivity contribution >= 4 is 35.8 Å². The monoisotopic (exact) mass is 260 g/mol. The Labute approximate surface area is 107 Å². The Hall–Kier alpha value is -0.710. The Morgan fingerprint density at radius 1 is 1.44 bits per heavy atom. The fourth-order valence-electron chi connectivity index (χ4n) is 1.20. The number of hydrogen-bond donors (Lipinski definition) is 2. The number of amides is 1. The third-order valence-electron chi connectivity index (χ3n) is 2.00. The van der Waals surface area contributed by atoms with Crippen LogP contribution in [0.3, 0.4) is 0 Å². The normalized spacial score (nSPS) is 11.4. The standard InChI is InChI=1S/C11H16N2OS.ClH/c1-8(12)9-3-5-10(6-4-9)13-11(14)7-15-2;/h3-6,8H,7,12H2,1-2H3,(H,13,14);1H. The van der Waals surface area contributed by atoms with Crippen molar-refractivity contribution in [3.8, 4) is 0 Å². The molecule has 16 heavy (non-hydrogen) atoms. The molecule has 1 aromatic rings. The number of carbonyl (C=O) groups excluding carboxylic acids is 1. The van der Waals surface area contributed by atoms with Crippen molar-refractivity contribution in [3.05, 3.63) is 29.8 Å². The molecule has 3 N–H and O–H groups in total. The van der Waals surface area contributed by atoms with Gasteiger partial charge in [-0.2, -0.15) is 11.8 Å². The Bertz CT molecular complexity index is 327. The molecule has 0 spiro atoms. The molecule has 0 bridgehead atoms. The molecule has 0 heterocycles. The van der Waals surface area contributed by atoms with Gasteiger partial charge in [0.2, 0.25) is 5.91 Å². The molecule has 0 aromatic heterocycles. The van der Waals surface area contributed by atoms with Crippen LogP contribution in [-0.2, 0) is 4.79 Å². The Kier molecular flexibility index (Phi) is 7.21. The second-order valence-corrected chi connectivity index (χ2v) is 4.26. The molecule has 0 aliphatic rings. The first-order chi connectivity index (χ1) is 7.13. The summed E-state index contributed by atoms with van der Waals surface area (Å²) in [5.74, 6) is 0.505. The predicted molar refractivity (Wildman–Crippen MR) is 73.3 cm³/mol. The quantitative estimate of drug-likeness (QED) is 0.874. The first-order valence-corrected chi connectivity index (χ1v) is 6.17. The molecule has 1 unspecified atom stereocenters. The van der Waals surface area contributed by atoms with Gasteiger partial charge >= 0.3 is 0 Å². The lowest BCUT2D eigenvalue weighted by molar-refractivity contribution is -0.113. The minimum Gasteiger partial charge on any atom is -0.325 e. The van der Waals surface area contributed by atoms with Crippen LogP contribution in [-0.4, -0.2) is 17.9 Å². The maximum atomic E-state index is 11.3.